The Morgan fingerprint density at radius 1 is 1.26 bits per heavy atom. The van der Waals surface area contributed by atoms with Crippen molar-refractivity contribution in [2.45, 2.75) is 12.5 Å². The number of alkyl halides is 1. The molecule has 1 atom stereocenters. The summed E-state index contributed by atoms with van der Waals surface area (Å²) in [7, 11) is 1.66. The maximum absolute atomic E-state index is 12.8. The molecule has 108 valence electrons. The third-order valence-corrected chi connectivity index (χ3v) is 3.48. The number of nitrogens with one attached hydrogen (secondary N) is 1. The van der Waals surface area contributed by atoms with Gasteiger partial charge in [-0.25, -0.2) is 0 Å². The van der Waals surface area contributed by atoms with Gasteiger partial charge in [-0.3, -0.25) is 9.29 Å². The maximum Gasteiger partial charge on any atom is 0.118 e. The zero-order valence-corrected chi connectivity index (χ0v) is 12.1. The van der Waals surface area contributed by atoms with Crippen LogP contribution in [0, 0.1) is 0 Å². The molecule has 0 saturated carbocycles. The fraction of sp³-hybridized carbons (Fsp3) is 0.571. The van der Waals surface area contributed by atoms with Crippen molar-refractivity contribution in [2.24, 2.45) is 0 Å². The van der Waals surface area contributed by atoms with Gasteiger partial charge in [-0.15, -0.1) is 12.4 Å². The summed E-state index contributed by atoms with van der Waals surface area (Å²) in [6.45, 7) is 3.66. The van der Waals surface area contributed by atoms with Crippen LogP contribution in [0.4, 0.5) is 4.39 Å². The van der Waals surface area contributed by atoms with Gasteiger partial charge in [0.05, 0.1) is 13.8 Å². The van der Waals surface area contributed by atoms with E-state index in [1.54, 1.807) is 7.11 Å². The Morgan fingerprint density at radius 3 is 2.42 bits per heavy atom. The summed E-state index contributed by atoms with van der Waals surface area (Å²) >= 11 is 0. The number of piperazine rings is 1. The number of rotatable bonds is 5. The Labute approximate surface area is 120 Å². The number of hydrogen-bond acceptors (Lipinski definition) is 3. The second-order valence-corrected chi connectivity index (χ2v) is 4.55. The van der Waals surface area contributed by atoms with Crippen LogP contribution in [0.1, 0.15) is 18.0 Å². The van der Waals surface area contributed by atoms with E-state index in [0.29, 0.717) is 6.42 Å². The molecule has 1 aliphatic rings. The lowest BCUT2D eigenvalue weighted by molar-refractivity contribution is 0.157. The van der Waals surface area contributed by atoms with E-state index in [1.165, 1.54) is 5.56 Å². The molecule has 1 aromatic carbocycles. The van der Waals surface area contributed by atoms with Gasteiger partial charge in [0.2, 0.25) is 0 Å². The molecule has 0 radical (unpaired) electrons. The average molecular weight is 289 g/mol. The predicted molar refractivity (Wildman–Crippen MR) is 78.0 cm³/mol. The zero-order chi connectivity index (χ0) is 12.8. The van der Waals surface area contributed by atoms with Crippen molar-refractivity contribution in [3.8, 4) is 5.75 Å². The molecule has 1 saturated heterocycles. The van der Waals surface area contributed by atoms with Gasteiger partial charge in [0.1, 0.15) is 5.75 Å². The van der Waals surface area contributed by atoms with Crippen LogP contribution in [0.25, 0.3) is 0 Å². The highest BCUT2D eigenvalue weighted by atomic mass is 35.5. The molecule has 3 nitrogen and oxygen atoms in total. The summed E-state index contributed by atoms with van der Waals surface area (Å²) in [6, 6.07) is 8.16. The van der Waals surface area contributed by atoms with Crippen molar-refractivity contribution < 1.29 is 9.13 Å². The fourth-order valence-electron chi connectivity index (χ4n) is 2.48. The Bertz CT molecular complexity index is 355. The number of nitrogens with zero attached hydrogens (tertiary/aromatic N) is 1. The number of hydrogen-bond donors (Lipinski definition) is 1. The van der Waals surface area contributed by atoms with Gasteiger partial charge in [-0.2, -0.15) is 0 Å². The molecule has 0 aliphatic carbocycles. The van der Waals surface area contributed by atoms with Crippen molar-refractivity contribution in [1.82, 2.24) is 10.2 Å². The molecule has 0 spiro atoms. The number of benzene rings is 1. The molecule has 19 heavy (non-hydrogen) atoms. The van der Waals surface area contributed by atoms with Gasteiger partial charge >= 0.3 is 0 Å². The molecule has 0 aromatic heterocycles. The third-order valence-electron chi connectivity index (χ3n) is 3.48. The Kier molecular flexibility index (Phi) is 7.13. The van der Waals surface area contributed by atoms with Gasteiger partial charge < -0.3 is 10.1 Å². The quantitative estimate of drug-likeness (QED) is 0.901. The van der Waals surface area contributed by atoms with Crippen LogP contribution in [-0.4, -0.2) is 44.9 Å². The van der Waals surface area contributed by atoms with Crippen molar-refractivity contribution in [2.75, 3.05) is 40.0 Å². The summed E-state index contributed by atoms with van der Waals surface area (Å²) in [5.74, 6) is 0.845. The van der Waals surface area contributed by atoms with Crippen LogP contribution >= 0.6 is 12.4 Å². The first-order valence-electron chi connectivity index (χ1n) is 6.50. The highest BCUT2D eigenvalue weighted by Gasteiger charge is 2.21. The molecule has 5 heteroatoms. The molecule has 1 aromatic rings. The Morgan fingerprint density at radius 2 is 1.89 bits per heavy atom. The normalized spacial score (nSPS) is 17.6. The predicted octanol–water partition coefficient (Wildman–Crippen LogP) is 2.42. The fourth-order valence-corrected chi connectivity index (χ4v) is 2.48. The van der Waals surface area contributed by atoms with Gasteiger partial charge in [-0.1, -0.05) is 12.1 Å². The Hall–Kier alpha value is -0.840. The van der Waals surface area contributed by atoms with Crippen LogP contribution in [-0.2, 0) is 0 Å². The highest BCUT2D eigenvalue weighted by Crippen LogP contribution is 2.26. The molecule has 0 unspecified atom stereocenters. The molecule has 1 heterocycles. The van der Waals surface area contributed by atoms with Crippen LogP contribution < -0.4 is 10.1 Å². The van der Waals surface area contributed by atoms with E-state index in [0.717, 1.165) is 31.9 Å². The van der Waals surface area contributed by atoms with Crippen LogP contribution in [0.5, 0.6) is 5.75 Å². The minimum absolute atomic E-state index is 0. The first-order chi connectivity index (χ1) is 8.85. The van der Waals surface area contributed by atoms with Crippen molar-refractivity contribution in [3.63, 3.8) is 0 Å². The van der Waals surface area contributed by atoms with Crippen molar-refractivity contribution >= 4 is 12.4 Å². The summed E-state index contributed by atoms with van der Waals surface area (Å²) in [4.78, 5) is 2.36. The lowest BCUT2D eigenvalue weighted by Crippen LogP contribution is -2.45. The van der Waals surface area contributed by atoms with E-state index in [9.17, 15) is 4.39 Å². The zero-order valence-electron chi connectivity index (χ0n) is 11.3. The summed E-state index contributed by atoms with van der Waals surface area (Å²) in [6.07, 6.45) is 0.562. The van der Waals surface area contributed by atoms with Crippen molar-refractivity contribution in [3.05, 3.63) is 29.8 Å². The first kappa shape index (κ1) is 16.2. The molecule has 2 rings (SSSR count). The minimum Gasteiger partial charge on any atom is -0.497 e. The molecule has 1 fully saturated rings. The van der Waals surface area contributed by atoms with E-state index in [-0.39, 0.29) is 25.1 Å². The second-order valence-electron chi connectivity index (χ2n) is 4.55. The summed E-state index contributed by atoms with van der Waals surface area (Å²) in [5.41, 5.74) is 1.18. The summed E-state index contributed by atoms with van der Waals surface area (Å²) < 4.78 is 17.9. The van der Waals surface area contributed by atoms with Gasteiger partial charge in [0.25, 0.3) is 0 Å². The largest absolute Gasteiger partial charge is 0.497 e. The van der Waals surface area contributed by atoms with Gasteiger partial charge in [0.15, 0.2) is 0 Å². The van der Waals surface area contributed by atoms with Crippen molar-refractivity contribution in [1.29, 1.82) is 0 Å². The number of ether oxygens (including phenoxy) is 1. The number of halogens is 2. The average Bonchev–Trinajstić information content (AvgIpc) is 2.46. The lowest BCUT2D eigenvalue weighted by atomic mass is 10.0. The molecular formula is C14H22ClFN2O. The number of methoxy groups -OCH3 is 1. The minimum atomic E-state index is -0.277. The van der Waals surface area contributed by atoms with E-state index in [2.05, 4.69) is 10.2 Å². The molecule has 0 bridgehead atoms. The molecule has 1 N–H and O–H groups in total. The standard InChI is InChI=1S/C14H21FN2O.ClH/c1-18-13-4-2-12(3-5-13)14(6-7-15)17-10-8-16-9-11-17;/h2-5,14,16H,6-11H2,1H3;1H/t14-;/m1./s1. The van der Waals surface area contributed by atoms with Gasteiger partial charge in [-0.05, 0) is 24.1 Å². The SMILES string of the molecule is COc1ccc([C@@H](CCF)N2CCNCC2)cc1.Cl. The Balaban J connectivity index is 0.00000180. The third kappa shape index (κ3) is 4.34. The smallest absolute Gasteiger partial charge is 0.118 e. The monoisotopic (exact) mass is 288 g/mol. The van der Waals surface area contributed by atoms with E-state index >= 15 is 0 Å². The van der Waals surface area contributed by atoms with E-state index < -0.39 is 0 Å². The second kappa shape index (κ2) is 8.35. The van der Waals surface area contributed by atoms with E-state index in [1.807, 2.05) is 24.3 Å². The molecule has 1 aliphatic heterocycles. The van der Waals surface area contributed by atoms with E-state index in [4.69, 9.17) is 4.74 Å². The molecular weight excluding hydrogens is 267 g/mol. The topological polar surface area (TPSA) is 24.5 Å². The first-order valence-corrected chi connectivity index (χ1v) is 6.50. The van der Waals surface area contributed by atoms with Crippen LogP contribution in [0.2, 0.25) is 0 Å². The van der Waals surface area contributed by atoms with Crippen LogP contribution in [0.15, 0.2) is 24.3 Å². The molecule has 0 amide bonds. The maximum atomic E-state index is 12.8. The highest BCUT2D eigenvalue weighted by molar-refractivity contribution is 5.85. The summed E-state index contributed by atoms with van der Waals surface area (Å²) in [5, 5.41) is 3.33. The van der Waals surface area contributed by atoms with Gasteiger partial charge in [0, 0.05) is 32.2 Å². The lowest BCUT2D eigenvalue weighted by Gasteiger charge is -2.35. The van der Waals surface area contributed by atoms with Crippen LogP contribution in [0.3, 0.4) is 0 Å².